The zero-order valence-corrected chi connectivity index (χ0v) is 17.2. The number of H-pyrrole nitrogens is 1. The SMILES string of the molecule is CN(C)C(=O)c1cs/c(=N\C(=O)c2c[nH]c3ncccc23)n1-c1ccccc1Cl. The summed E-state index contributed by atoms with van der Waals surface area (Å²) in [7, 11) is 3.33. The summed E-state index contributed by atoms with van der Waals surface area (Å²) in [6.07, 6.45) is 3.23. The van der Waals surface area contributed by atoms with Crippen LogP contribution in [0.15, 0.2) is 59.2 Å². The van der Waals surface area contributed by atoms with E-state index in [2.05, 4.69) is 15.0 Å². The van der Waals surface area contributed by atoms with Crippen LogP contribution in [-0.4, -0.2) is 45.3 Å². The number of nitrogens with one attached hydrogen (secondary N) is 1. The second-order valence-corrected chi connectivity index (χ2v) is 7.65. The molecule has 0 radical (unpaired) electrons. The van der Waals surface area contributed by atoms with Crippen LogP contribution in [0.3, 0.4) is 0 Å². The van der Waals surface area contributed by atoms with Crippen molar-refractivity contribution in [3.8, 4) is 5.69 Å². The summed E-state index contributed by atoms with van der Waals surface area (Å²) in [5.41, 5.74) is 1.97. The van der Waals surface area contributed by atoms with Gasteiger partial charge in [0, 0.05) is 37.3 Å². The molecule has 3 heterocycles. The molecule has 0 saturated carbocycles. The summed E-state index contributed by atoms with van der Waals surface area (Å²) < 4.78 is 1.61. The molecule has 7 nitrogen and oxygen atoms in total. The lowest BCUT2D eigenvalue weighted by Crippen LogP contribution is -2.27. The second kappa shape index (κ2) is 7.65. The monoisotopic (exact) mass is 425 g/mol. The minimum absolute atomic E-state index is 0.216. The average Bonchev–Trinajstić information content (AvgIpc) is 3.32. The van der Waals surface area contributed by atoms with E-state index in [1.54, 1.807) is 66.8 Å². The predicted octanol–water partition coefficient (Wildman–Crippen LogP) is 3.51. The molecule has 0 aliphatic heterocycles. The van der Waals surface area contributed by atoms with E-state index < -0.39 is 5.91 Å². The number of aromatic nitrogens is 3. The maximum absolute atomic E-state index is 12.9. The Hall–Kier alpha value is -3.23. The minimum Gasteiger partial charge on any atom is -0.345 e. The topological polar surface area (TPSA) is 83.3 Å². The highest BCUT2D eigenvalue weighted by Crippen LogP contribution is 2.22. The van der Waals surface area contributed by atoms with Crippen LogP contribution >= 0.6 is 22.9 Å². The van der Waals surface area contributed by atoms with Crippen molar-refractivity contribution in [1.29, 1.82) is 0 Å². The molecule has 0 aliphatic carbocycles. The minimum atomic E-state index is -0.434. The van der Waals surface area contributed by atoms with Crippen molar-refractivity contribution in [3.05, 3.63) is 75.3 Å². The number of nitrogens with zero attached hydrogens (tertiary/aromatic N) is 4. The molecule has 0 aliphatic rings. The van der Waals surface area contributed by atoms with Crippen molar-refractivity contribution in [3.63, 3.8) is 0 Å². The number of hydrogen-bond donors (Lipinski definition) is 1. The van der Waals surface area contributed by atoms with Crippen LogP contribution in [0.2, 0.25) is 5.02 Å². The van der Waals surface area contributed by atoms with E-state index in [0.29, 0.717) is 37.8 Å². The van der Waals surface area contributed by atoms with E-state index in [1.807, 2.05) is 6.07 Å². The van der Waals surface area contributed by atoms with Gasteiger partial charge in [0.2, 0.25) is 0 Å². The van der Waals surface area contributed by atoms with Gasteiger partial charge in [-0.15, -0.1) is 11.3 Å². The number of amides is 2. The van der Waals surface area contributed by atoms with E-state index in [-0.39, 0.29) is 5.91 Å². The van der Waals surface area contributed by atoms with E-state index in [9.17, 15) is 9.59 Å². The second-order valence-electron chi connectivity index (χ2n) is 6.41. The van der Waals surface area contributed by atoms with Gasteiger partial charge >= 0.3 is 0 Å². The van der Waals surface area contributed by atoms with Gasteiger partial charge in [-0.05, 0) is 24.3 Å². The van der Waals surface area contributed by atoms with Crippen molar-refractivity contribution in [2.45, 2.75) is 0 Å². The number of para-hydroxylation sites is 1. The summed E-state index contributed by atoms with van der Waals surface area (Å²) in [6.45, 7) is 0. The van der Waals surface area contributed by atoms with E-state index in [4.69, 9.17) is 11.6 Å². The number of carbonyl (C=O) groups is 2. The summed E-state index contributed by atoms with van der Waals surface area (Å²) in [5, 5.41) is 2.81. The van der Waals surface area contributed by atoms with E-state index >= 15 is 0 Å². The molecular weight excluding hydrogens is 410 g/mol. The van der Waals surface area contributed by atoms with E-state index in [0.717, 1.165) is 0 Å². The van der Waals surface area contributed by atoms with Crippen LogP contribution < -0.4 is 4.80 Å². The van der Waals surface area contributed by atoms with Gasteiger partial charge in [0.25, 0.3) is 11.8 Å². The number of halogens is 1. The summed E-state index contributed by atoms with van der Waals surface area (Å²) in [4.78, 5) is 38.9. The molecule has 1 N–H and O–H groups in total. The molecule has 0 spiro atoms. The smallest absolute Gasteiger partial charge is 0.281 e. The summed E-state index contributed by atoms with van der Waals surface area (Å²) in [5.74, 6) is -0.651. The Morgan fingerprint density at radius 3 is 2.76 bits per heavy atom. The third kappa shape index (κ3) is 3.48. The standard InChI is InChI=1S/C20H16ClN5O2S/c1-25(2)19(28)16-11-29-20(26(16)15-8-4-3-7-14(15)21)24-18(27)13-10-23-17-12(13)6-5-9-22-17/h3-11H,1-2H3,(H,22,23)/b24-20-. The van der Waals surface area contributed by atoms with Gasteiger partial charge in [-0.1, -0.05) is 23.7 Å². The third-order valence-corrected chi connectivity index (χ3v) is 5.45. The summed E-state index contributed by atoms with van der Waals surface area (Å²) in [6, 6.07) is 10.7. The molecule has 3 aromatic heterocycles. The molecule has 1 aromatic carbocycles. The molecule has 0 atom stereocenters. The fraction of sp³-hybridized carbons (Fsp3) is 0.100. The zero-order chi connectivity index (χ0) is 20.5. The van der Waals surface area contributed by atoms with Crippen LogP contribution in [0.5, 0.6) is 0 Å². The summed E-state index contributed by atoms with van der Waals surface area (Å²) >= 11 is 7.58. The Bertz CT molecular complexity index is 1300. The lowest BCUT2D eigenvalue weighted by molar-refractivity contribution is 0.0819. The Kier molecular flexibility index (Phi) is 5.04. The highest BCUT2D eigenvalue weighted by atomic mass is 35.5. The van der Waals surface area contributed by atoms with Crippen molar-refractivity contribution >= 4 is 45.8 Å². The van der Waals surface area contributed by atoms with Crippen molar-refractivity contribution in [1.82, 2.24) is 19.4 Å². The van der Waals surface area contributed by atoms with Crippen LogP contribution in [0.25, 0.3) is 16.7 Å². The maximum atomic E-state index is 12.9. The Morgan fingerprint density at radius 1 is 1.21 bits per heavy atom. The lowest BCUT2D eigenvalue weighted by Gasteiger charge is -2.13. The van der Waals surface area contributed by atoms with Crippen LogP contribution in [0.4, 0.5) is 0 Å². The number of aromatic amines is 1. The highest BCUT2D eigenvalue weighted by Gasteiger charge is 2.20. The first kappa shape index (κ1) is 19.1. The molecule has 0 unspecified atom stereocenters. The zero-order valence-electron chi connectivity index (χ0n) is 15.6. The maximum Gasteiger partial charge on any atom is 0.281 e. The highest BCUT2D eigenvalue weighted by molar-refractivity contribution is 7.07. The molecule has 29 heavy (non-hydrogen) atoms. The Labute approximate surface area is 174 Å². The number of rotatable bonds is 3. The van der Waals surface area contributed by atoms with Crippen molar-refractivity contribution in [2.75, 3.05) is 14.1 Å². The third-order valence-electron chi connectivity index (χ3n) is 4.31. The van der Waals surface area contributed by atoms with E-state index in [1.165, 1.54) is 16.2 Å². The molecule has 2 amide bonds. The molecular formula is C20H16ClN5O2S. The number of pyridine rings is 1. The first-order chi connectivity index (χ1) is 14.0. The van der Waals surface area contributed by atoms with Crippen LogP contribution in [0, 0.1) is 0 Å². The molecule has 146 valence electrons. The van der Waals surface area contributed by atoms with Gasteiger partial charge in [0.05, 0.1) is 16.3 Å². The quantitative estimate of drug-likeness (QED) is 0.545. The molecule has 0 bridgehead atoms. The van der Waals surface area contributed by atoms with Crippen LogP contribution in [0.1, 0.15) is 20.8 Å². The average molecular weight is 426 g/mol. The van der Waals surface area contributed by atoms with Crippen molar-refractivity contribution in [2.24, 2.45) is 4.99 Å². The number of benzene rings is 1. The molecule has 0 saturated heterocycles. The van der Waals surface area contributed by atoms with Gasteiger partial charge in [-0.2, -0.15) is 4.99 Å². The number of hydrogen-bond acceptors (Lipinski definition) is 4. The Balaban J connectivity index is 1.91. The lowest BCUT2D eigenvalue weighted by atomic mass is 10.2. The molecule has 4 aromatic rings. The fourth-order valence-electron chi connectivity index (χ4n) is 2.91. The predicted molar refractivity (Wildman–Crippen MR) is 113 cm³/mol. The Morgan fingerprint density at radius 2 is 2.00 bits per heavy atom. The van der Waals surface area contributed by atoms with Crippen LogP contribution in [-0.2, 0) is 0 Å². The number of carbonyl (C=O) groups excluding carboxylic acids is 2. The first-order valence-electron chi connectivity index (χ1n) is 8.65. The normalized spacial score (nSPS) is 11.8. The van der Waals surface area contributed by atoms with Gasteiger partial charge in [0.1, 0.15) is 11.3 Å². The van der Waals surface area contributed by atoms with Gasteiger partial charge < -0.3 is 9.88 Å². The number of fused-ring (bicyclic) bond motifs is 1. The van der Waals surface area contributed by atoms with Gasteiger partial charge in [-0.3, -0.25) is 14.2 Å². The molecule has 9 heteroatoms. The largest absolute Gasteiger partial charge is 0.345 e. The van der Waals surface area contributed by atoms with Gasteiger partial charge in [0.15, 0.2) is 4.80 Å². The fourth-order valence-corrected chi connectivity index (χ4v) is 4.00. The first-order valence-corrected chi connectivity index (χ1v) is 9.91. The number of thiazole rings is 1. The molecule has 4 rings (SSSR count). The van der Waals surface area contributed by atoms with Gasteiger partial charge in [-0.25, -0.2) is 4.98 Å². The molecule has 0 fully saturated rings. The van der Waals surface area contributed by atoms with Crippen molar-refractivity contribution < 1.29 is 9.59 Å².